The standard InChI is InChI=1S/C15H12N2O5/c1-9-8-11(4-7-13(9)15(19)20)16-14(18)10-2-5-12(6-3-10)17(21)22/h2-8H,1H3,(H,16,18)(H,19,20). The first-order valence-electron chi connectivity index (χ1n) is 6.28. The normalized spacial score (nSPS) is 10.0. The molecule has 0 saturated heterocycles. The van der Waals surface area contributed by atoms with Crippen LogP contribution >= 0.6 is 0 Å². The van der Waals surface area contributed by atoms with Crippen molar-refractivity contribution in [3.05, 3.63) is 69.3 Å². The van der Waals surface area contributed by atoms with Crippen LogP contribution in [0, 0.1) is 17.0 Å². The highest BCUT2D eigenvalue weighted by atomic mass is 16.6. The molecule has 7 nitrogen and oxygen atoms in total. The number of carboxylic acids is 1. The number of anilines is 1. The van der Waals surface area contributed by atoms with E-state index in [2.05, 4.69) is 5.32 Å². The fraction of sp³-hybridized carbons (Fsp3) is 0.0667. The van der Waals surface area contributed by atoms with Gasteiger partial charge in [0.1, 0.15) is 0 Å². The van der Waals surface area contributed by atoms with Gasteiger partial charge in [-0.2, -0.15) is 0 Å². The zero-order valence-electron chi connectivity index (χ0n) is 11.6. The molecular formula is C15H12N2O5. The summed E-state index contributed by atoms with van der Waals surface area (Å²) in [5, 5.41) is 22.1. The number of carboxylic acid groups (broad SMARTS) is 1. The van der Waals surface area contributed by atoms with Gasteiger partial charge in [-0.15, -0.1) is 0 Å². The van der Waals surface area contributed by atoms with Crippen molar-refractivity contribution in [3.8, 4) is 0 Å². The Bertz CT molecular complexity index is 753. The van der Waals surface area contributed by atoms with E-state index in [1.807, 2.05) is 0 Å². The van der Waals surface area contributed by atoms with E-state index in [4.69, 9.17) is 5.11 Å². The van der Waals surface area contributed by atoms with Crippen molar-refractivity contribution >= 4 is 23.3 Å². The Morgan fingerprint density at radius 2 is 1.77 bits per heavy atom. The molecule has 0 radical (unpaired) electrons. The van der Waals surface area contributed by atoms with Gasteiger partial charge in [0.25, 0.3) is 11.6 Å². The van der Waals surface area contributed by atoms with Crippen LogP contribution in [0.5, 0.6) is 0 Å². The maximum atomic E-state index is 12.0. The van der Waals surface area contributed by atoms with Gasteiger partial charge in [-0.3, -0.25) is 14.9 Å². The van der Waals surface area contributed by atoms with E-state index < -0.39 is 16.8 Å². The summed E-state index contributed by atoms with van der Waals surface area (Å²) in [5.41, 5.74) is 1.30. The highest BCUT2D eigenvalue weighted by Gasteiger charge is 2.11. The van der Waals surface area contributed by atoms with Crippen molar-refractivity contribution in [3.63, 3.8) is 0 Å². The van der Waals surface area contributed by atoms with Crippen molar-refractivity contribution in [2.24, 2.45) is 0 Å². The number of nitrogens with zero attached hydrogens (tertiary/aromatic N) is 1. The van der Waals surface area contributed by atoms with Crippen molar-refractivity contribution < 1.29 is 19.6 Å². The second-order valence-electron chi connectivity index (χ2n) is 4.59. The van der Waals surface area contributed by atoms with E-state index in [0.29, 0.717) is 11.3 Å². The number of nitrogens with one attached hydrogen (secondary N) is 1. The van der Waals surface area contributed by atoms with Gasteiger partial charge in [-0.05, 0) is 42.8 Å². The molecule has 0 atom stereocenters. The van der Waals surface area contributed by atoms with Crippen LogP contribution in [0.15, 0.2) is 42.5 Å². The number of nitro benzene ring substituents is 1. The maximum Gasteiger partial charge on any atom is 0.335 e. The van der Waals surface area contributed by atoms with E-state index in [9.17, 15) is 19.7 Å². The minimum Gasteiger partial charge on any atom is -0.478 e. The van der Waals surface area contributed by atoms with Crippen LogP contribution in [-0.2, 0) is 0 Å². The third-order valence-electron chi connectivity index (χ3n) is 3.05. The van der Waals surface area contributed by atoms with Gasteiger partial charge in [0.05, 0.1) is 10.5 Å². The molecule has 7 heteroatoms. The molecular weight excluding hydrogens is 288 g/mol. The molecule has 0 aliphatic rings. The summed E-state index contributed by atoms with van der Waals surface area (Å²) in [6.07, 6.45) is 0. The average Bonchev–Trinajstić information content (AvgIpc) is 2.47. The van der Waals surface area contributed by atoms with E-state index in [1.165, 1.54) is 36.4 Å². The fourth-order valence-corrected chi connectivity index (χ4v) is 1.92. The van der Waals surface area contributed by atoms with Crippen LogP contribution in [-0.4, -0.2) is 21.9 Å². The Kier molecular flexibility index (Phi) is 4.17. The molecule has 2 aromatic rings. The van der Waals surface area contributed by atoms with Crippen molar-refractivity contribution in [2.45, 2.75) is 6.92 Å². The lowest BCUT2D eigenvalue weighted by Crippen LogP contribution is -2.12. The molecule has 22 heavy (non-hydrogen) atoms. The summed E-state index contributed by atoms with van der Waals surface area (Å²) in [5.74, 6) is -1.47. The predicted molar refractivity (Wildman–Crippen MR) is 79.2 cm³/mol. The van der Waals surface area contributed by atoms with Crippen molar-refractivity contribution in [1.29, 1.82) is 0 Å². The highest BCUT2D eigenvalue weighted by molar-refractivity contribution is 6.04. The van der Waals surface area contributed by atoms with E-state index in [1.54, 1.807) is 13.0 Å². The fourth-order valence-electron chi connectivity index (χ4n) is 1.92. The molecule has 2 aromatic carbocycles. The number of benzene rings is 2. The first kappa shape index (κ1) is 15.2. The zero-order chi connectivity index (χ0) is 16.3. The summed E-state index contributed by atoms with van der Waals surface area (Å²) < 4.78 is 0. The maximum absolute atomic E-state index is 12.0. The third-order valence-corrected chi connectivity index (χ3v) is 3.05. The lowest BCUT2D eigenvalue weighted by molar-refractivity contribution is -0.384. The number of aryl methyl sites for hydroxylation is 1. The van der Waals surface area contributed by atoms with Crippen LogP contribution < -0.4 is 5.32 Å². The lowest BCUT2D eigenvalue weighted by atomic mass is 10.1. The van der Waals surface area contributed by atoms with Crippen LogP contribution in [0.4, 0.5) is 11.4 Å². The molecule has 0 unspecified atom stereocenters. The highest BCUT2D eigenvalue weighted by Crippen LogP contribution is 2.17. The Balaban J connectivity index is 2.16. The molecule has 0 aromatic heterocycles. The monoisotopic (exact) mass is 300 g/mol. The number of hydrogen-bond acceptors (Lipinski definition) is 4. The summed E-state index contributed by atoms with van der Waals surface area (Å²) >= 11 is 0. The SMILES string of the molecule is Cc1cc(NC(=O)c2ccc([N+](=O)[O-])cc2)ccc1C(=O)O. The number of carbonyl (C=O) groups excluding carboxylic acids is 1. The van der Waals surface area contributed by atoms with E-state index in [0.717, 1.165) is 0 Å². The smallest absolute Gasteiger partial charge is 0.335 e. The predicted octanol–water partition coefficient (Wildman–Crippen LogP) is 2.85. The van der Waals surface area contributed by atoms with Gasteiger partial charge in [0.2, 0.25) is 0 Å². The van der Waals surface area contributed by atoms with Gasteiger partial charge in [-0.1, -0.05) is 0 Å². The summed E-state index contributed by atoms with van der Waals surface area (Å²) in [6.45, 7) is 1.63. The van der Waals surface area contributed by atoms with E-state index in [-0.39, 0.29) is 16.8 Å². The van der Waals surface area contributed by atoms with Gasteiger partial charge in [-0.25, -0.2) is 4.79 Å². The van der Waals surface area contributed by atoms with Crippen LogP contribution in [0.3, 0.4) is 0 Å². The van der Waals surface area contributed by atoms with Gasteiger partial charge >= 0.3 is 5.97 Å². The molecule has 0 aliphatic heterocycles. The molecule has 0 bridgehead atoms. The molecule has 0 heterocycles. The van der Waals surface area contributed by atoms with E-state index >= 15 is 0 Å². The largest absolute Gasteiger partial charge is 0.478 e. The van der Waals surface area contributed by atoms with Crippen molar-refractivity contribution in [1.82, 2.24) is 0 Å². The van der Waals surface area contributed by atoms with Gasteiger partial charge < -0.3 is 10.4 Å². The molecule has 112 valence electrons. The average molecular weight is 300 g/mol. The van der Waals surface area contributed by atoms with Gasteiger partial charge in [0.15, 0.2) is 0 Å². The second kappa shape index (κ2) is 6.04. The number of nitro groups is 1. The minimum atomic E-state index is -1.04. The number of aromatic carboxylic acids is 1. The number of amides is 1. The molecule has 2 N–H and O–H groups in total. The molecule has 0 aliphatic carbocycles. The lowest BCUT2D eigenvalue weighted by Gasteiger charge is -2.07. The summed E-state index contributed by atoms with van der Waals surface area (Å²) in [6, 6.07) is 9.63. The number of hydrogen-bond donors (Lipinski definition) is 2. The van der Waals surface area contributed by atoms with Crippen LogP contribution in [0.2, 0.25) is 0 Å². The summed E-state index contributed by atoms with van der Waals surface area (Å²) in [4.78, 5) is 33.0. The molecule has 1 amide bonds. The quantitative estimate of drug-likeness (QED) is 0.666. The third kappa shape index (κ3) is 3.26. The number of rotatable bonds is 4. The molecule has 0 saturated carbocycles. The summed E-state index contributed by atoms with van der Waals surface area (Å²) in [7, 11) is 0. The Labute approximate surface area is 125 Å². The molecule has 2 rings (SSSR count). The minimum absolute atomic E-state index is 0.0989. The number of carbonyl (C=O) groups is 2. The van der Waals surface area contributed by atoms with Crippen LogP contribution in [0.1, 0.15) is 26.3 Å². The Morgan fingerprint density at radius 3 is 2.27 bits per heavy atom. The zero-order valence-corrected chi connectivity index (χ0v) is 11.6. The topological polar surface area (TPSA) is 110 Å². The molecule has 0 spiro atoms. The second-order valence-corrected chi connectivity index (χ2v) is 4.59. The molecule has 0 fully saturated rings. The van der Waals surface area contributed by atoms with Crippen molar-refractivity contribution in [2.75, 3.05) is 5.32 Å². The Hall–Kier alpha value is -3.22. The van der Waals surface area contributed by atoms with Gasteiger partial charge in [0, 0.05) is 23.4 Å². The first-order chi connectivity index (χ1) is 10.4. The van der Waals surface area contributed by atoms with Crippen LogP contribution in [0.25, 0.3) is 0 Å². The Morgan fingerprint density at radius 1 is 1.14 bits per heavy atom. The number of non-ortho nitro benzene ring substituents is 1. The first-order valence-corrected chi connectivity index (χ1v) is 6.28.